The summed E-state index contributed by atoms with van der Waals surface area (Å²) in [5, 5.41) is 10.7. The Balaban J connectivity index is 2.78. The lowest BCUT2D eigenvalue weighted by molar-refractivity contribution is 1.48. The number of rotatable bonds is 1. The van der Waals surface area contributed by atoms with Crippen molar-refractivity contribution in [3.05, 3.63) is 56.0 Å². The number of halogens is 4. The van der Waals surface area contributed by atoms with Crippen LogP contribution in [0.3, 0.4) is 0 Å². The molecule has 18 heavy (non-hydrogen) atoms. The Morgan fingerprint density at radius 3 is 2.17 bits per heavy atom. The number of nitrogens with zero attached hydrogens (tertiary/aromatic N) is 1. The number of nitriles is 1. The van der Waals surface area contributed by atoms with Gasteiger partial charge in [-0.1, -0.05) is 52.5 Å². The lowest BCUT2D eigenvalue weighted by atomic mass is 10.0. The first kappa shape index (κ1) is 13.5. The van der Waals surface area contributed by atoms with E-state index in [9.17, 15) is 0 Å². The normalized spacial score (nSPS) is 10.2. The molecular weight excluding hydrogens is 312 g/mol. The predicted octanol–water partition coefficient (Wildman–Crippen LogP) is 5.84. The monoisotopic (exact) mass is 315 g/mol. The van der Waals surface area contributed by atoms with Gasteiger partial charge in [-0.3, -0.25) is 0 Å². The molecule has 0 aliphatic carbocycles. The molecule has 2 aromatic carbocycles. The molecule has 0 radical (unpaired) electrons. The molecule has 2 rings (SSSR count). The van der Waals surface area contributed by atoms with Crippen LogP contribution in [0.5, 0.6) is 0 Å². The standard InChI is InChI=1S/C13H5Cl4N/c14-9-3-1-2-7(6-18)13(9)8-4-11(16)12(17)5-10(8)15/h1-5H. The van der Waals surface area contributed by atoms with Crippen LogP contribution in [0.2, 0.25) is 20.1 Å². The van der Waals surface area contributed by atoms with Crippen LogP contribution in [0, 0.1) is 11.3 Å². The van der Waals surface area contributed by atoms with Crippen molar-refractivity contribution >= 4 is 46.4 Å². The van der Waals surface area contributed by atoms with Gasteiger partial charge in [-0.2, -0.15) is 5.26 Å². The summed E-state index contributed by atoms with van der Waals surface area (Å²) in [4.78, 5) is 0. The van der Waals surface area contributed by atoms with Crippen molar-refractivity contribution in [2.45, 2.75) is 0 Å². The second kappa shape index (κ2) is 5.38. The van der Waals surface area contributed by atoms with Gasteiger partial charge in [-0.15, -0.1) is 0 Å². The summed E-state index contributed by atoms with van der Waals surface area (Å²) in [5.74, 6) is 0. The van der Waals surface area contributed by atoms with Crippen LogP contribution < -0.4 is 0 Å². The van der Waals surface area contributed by atoms with Gasteiger partial charge in [0.15, 0.2) is 0 Å². The predicted molar refractivity (Wildman–Crippen MR) is 76.6 cm³/mol. The lowest BCUT2D eigenvalue weighted by Crippen LogP contribution is -1.88. The zero-order valence-corrected chi connectivity index (χ0v) is 11.9. The number of benzene rings is 2. The largest absolute Gasteiger partial charge is 0.192 e. The van der Waals surface area contributed by atoms with Gasteiger partial charge in [0.05, 0.1) is 26.7 Å². The molecule has 0 bridgehead atoms. The van der Waals surface area contributed by atoms with Crippen molar-refractivity contribution in [3.8, 4) is 17.2 Å². The van der Waals surface area contributed by atoms with E-state index in [1.807, 2.05) is 0 Å². The van der Waals surface area contributed by atoms with E-state index in [4.69, 9.17) is 51.7 Å². The SMILES string of the molecule is N#Cc1cccc(Cl)c1-c1cc(Cl)c(Cl)cc1Cl. The molecule has 0 aliphatic heterocycles. The molecule has 0 N–H and O–H groups in total. The van der Waals surface area contributed by atoms with Crippen LogP contribution >= 0.6 is 46.4 Å². The Kier molecular flexibility index (Phi) is 4.04. The molecule has 0 aliphatic rings. The van der Waals surface area contributed by atoms with Gasteiger partial charge < -0.3 is 0 Å². The van der Waals surface area contributed by atoms with E-state index in [1.54, 1.807) is 24.3 Å². The molecule has 0 unspecified atom stereocenters. The summed E-state index contributed by atoms with van der Waals surface area (Å²) in [7, 11) is 0. The molecule has 0 spiro atoms. The van der Waals surface area contributed by atoms with E-state index < -0.39 is 0 Å². The topological polar surface area (TPSA) is 23.8 Å². The third kappa shape index (κ3) is 2.43. The first-order chi connectivity index (χ1) is 8.54. The van der Waals surface area contributed by atoms with Crippen molar-refractivity contribution in [1.82, 2.24) is 0 Å². The lowest BCUT2D eigenvalue weighted by Gasteiger charge is -2.10. The summed E-state index contributed by atoms with van der Waals surface area (Å²) < 4.78 is 0. The molecule has 0 saturated heterocycles. The van der Waals surface area contributed by atoms with E-state index >= 15 is 0 Å². The Morgan fingerprint density at radius 1 is 0.833 bits per heavy atom. The highest BCUT2D eigenvalue weighted by atomic mass is 35.5. The van der Waals surface area contributed by atoms with Gasteiger partial charge in [-0.05, 0) is 24.3 Å². The van der Waals surface area contributed by atoms with Crippen molar-refractivity contribution in [2.24, 2.45) is 0 Å². The van der Waals surface area contributed by atoms with Gasteiger partial charge >= 0.3 is 0 Å². The van der Waals surface area contributed by atoms with Gasteiger partial charge in [0.25, 0.3) is 0 Å². The molecule has 1 nitrogen and oxygen atoms in total. The highest BCUT2D eigenvalue weighted by Gasteiger charge is 2.14. The Bertz CT molecular complexity index is 659. The summed E-state index contributed by atoms with van der Waals surface area (Å²) in [5.41, 5.74) is 1.58. The molecule has 5 heteroatoms. The Labute approximate surface area is 124 Å². The Hall–Kier alpha value is -0.910. The van der Waals surface area contributed by atoms with Crippen LogP contribution in [-0.2, 0) is 0 Å². The average Bonchev–Trinajstić information content (AvgIpc) is 2.34. The fourth-order valence-corrected chi connectivity index (χ4v) is 2.52. The Morgan fingerprint density at radius 2 is 1.50 bits per heavy atom. The molecule has 0 aromatic heterocycles. The smallest absolute Gasteiger partial charge is 0.0998 e. The maximum absolute atomic E-state index is 9.11. The van der Waals surface area contributed by atoms with E-state index in [0.717, 1.165) is 0 Å². The molecule has 0 saturated carbocycles. The second-order valence-corrected chi connectivity index (χ2v) is 5.15. The molecule has 0 fully saturated rings. The fourth-order valence-electron chi connectivity index (χ4n) is 1.61. The van der Waals surface area contributed by atoms with Crippen LogP contribution in [0.1, 0.15) is 5.56 Å². The van der Waals surface area contributed by atoms with Gasteiger partial charge in [-0.25, -0.2) is 0 Å². The van der Waals surface area contributed by atoms with E-state index in [0.29, 0.717) is 36.8 Å². The van der Waals surface area contributed by atoms with Crippen LogP contribution in [0.25, 0.3) is 11.1 Å². The highest BCUT2D eigenvalue weighted by Crippen LogP contribution is 2.39. The minimum absolute atomic E-state index is 0.357. The first-order valence-corrected chi connectivity index (χ1v) is 6.39. The fraction of sp³-hybridized carbons (Fsp3) is 0. The van der Waals surface area contributed by atoms with Gasteiger partial charge in [0, 0.05) is 16.1 Å². The summed E-state index contributed by atoms with van der Waals surface area (Å²) in [6.45, 7) is 0. The quantitative estimate of drug-likeness (QED) is 0.606. The first-order valence-electron chi connectivity index (χ1n) is 4.88. The van der Waals surface area contributed by atoms with Crippen molar-refractivity contribution in [2.75, 3.05) is 0 Å². The molecule has 90 valence electrons. The maximum atomic E-state index is 9.11. The average molecular weight is 317 g/mol. The van der Waals surface area contributed by atoms with Gasteiger partial charge in [0.1, 0.15) is 0 Å². The minimum Gasteiger partial charge on any atom is -0.192 e. The third-order valence-electron chi connectivity index (χ3n) is 2.41. The number of hydrogen-bond donors (Lipinski definition) is 0. The summed E-state index contributed by atoms with van der Waals surface area (Å²) in [6, 6.07) is 10.3. The van der Waals surface area contributed by atoms with E-state index in [-0.39, 0.29) is 0 Å². The highest BCUT2D eigenvalue weighted by molar-refractivity contribution is 6.44. The maximum Gasteiger partial charge on any atom is 0.0998 e. The second-order valence-electron chi connectivity index (χ2n) is 3.52. The van der Waals surface area contributed by atoms with Crippen molar-refractivity contribution in [1.29, 1.82) is 5.26 Å². The summed E-state index contributed by atoms with van der Waals surface area (Å²) in [6.07, 6.45) is 0. The van der Waals surface area contributed by atoms with E-state index in [2.05, 4.69) is 6.07 Å². The molecule has 0 heterocycles. The molecular formula is C13H5Cl4N. The van der Waals surface area contributed by atoms with Crippen LogP contribution in [0.4, 0.5) is 0 Å². The van der Waals surface area contributed by atoms with E-state index in [1.165, 1.54) is 6.07 Å². The van der Waals surface area contributed by atoms with Crippen molar-refractivity contribution in [3.63, 3.8) is 0 Å². The molecule has 2 aromatic rings. The zero-order chi connectivity index (χ0) is 13.3. The number of hydrogen-bond acceptors (Lipinski definition) is 1. The van der Waals surface area contributed by atoms with Crippen molar-refractivity contribution < 1.29 is 0 Å². The molecule has 0 atom stereocenters. The van der Waals surface area contributed by atoms with Gasteiger partial charge in [0.2, 0.25) is 0 Å². The van der Waals surface area contributed by atoms with Crippen LogP contribution in [0.15, 0.2) is 30.3 Å². The minimum atomic E-state index is 0.357. The summed E-state index contributed by atoms with van der Waals surface area (Å²) >= 11 is 24.1. The third-order valence-corrected chi connectivity index (χ3v) is 3.76. The zero-order valence-electron chi connectivity index (χ0n) is 8.85. The van der Waals surface area contributed by atoms with Crippen LogP contribution in [-0.4, -0.2) is 0 Å². The molecule has 0 amide bonds.